The smallest absolute Gasteiger partial charge is 0.345 e. The van der Waals surface area contributed by atoms with Crippen LogP contribution >= 0.6 is 0 Å². The fourth-order valence-electron chi connectivity index (χ4n) is 6.52. The fraction of sp³-hybridized carbons (Fsp3) is 0.452. The molecular weight excluding hydrogens is 628 g/mol. The van der Waals surface area contributed by atoms with E-state index in [0.717, 1.165) is 37.1 Å². The molecular formula is C42H52N2O6. The highest BCUT2D eigenvalue weighted by Gasteiger charge is 2.32. The largest absolute Gasteiger partial charge is 0.389 e. The van der Waals surface area contributed by atoms with Crippen molar-refractivity contribution in [2.24, 2.45) is 17.8 Å². The van der Waals surface area contributed by atoms with Gasteiger partial charge in [0.05, 0.1) is 17.5 Å². The van der Waals surface area contributed by atoms with Crippen molar-refractivity contribution in [2.75, 3.05) is 19.6 Å². The van der Waals surface area contributed by atoms with Crippen LogP contribution in [0.25, 0.3) is 0 Å². The number of carbonyl (C=O) groups excluding carboxylic acids is 5. The van der Waals surface area contributed by atoms with Gasteiger partial charge in [0.25, 0.3) is 0 Å². The van der Waals surface area contributed by atoms with E-state index in [9.17, 15) is 24.0 Å². The maximum Gasteiger partial charge on any atom is 0.345 e. The molecule has 0 unspecified atom stereocenters. The van der Waals surface area contributed by atoms with Gasteiger partial charge in [-0.3, -0.25) is 19.2 Å². The van der Waals surface area contributed by atoms with Gasteiger partial charge in [-0.15, -0.1) is 0 Å². The van der Waals surface area contributed by atoms with E-state index in [4.69, 9.17) is 4.74 Å². The molecule has 0 radical (unpaired) electrons. The lowest BCUT2D eigenvalue weighted by Crippen LogP contribution is -2.46. The first kappa shape index (κ1) is 38.4. The Morgan fingerprint density at radius 2 is 1.34 bits per heavy atom. The molecule has 0 saturated carbocycles. The number of esters is 2. The minimum absolute atomic E-state index is 0.0456. The highest BCUT2D eigenvalue weighted by atomic mass is 16.6. The van der Waals surface area contributed by atoms with Crippen LogP contribution in [0.5, 0.6) is 0 Å². The molecule has 3 aromatic carbocycles. The van der Waals surface area contributed by atoms with E-state index in [-0.39, 0.29) is 48.2 Å². The molecule has 3 aromatic rings. The van der Waals surface area contributed by atoms with Gasteiger partial charge in [-0.2, -0.15) is 0 Å². The topological polar surface area (TPSA) is 110 Å². The van der Waals surface area contributed by atoms with Crippen LogP contribution < -0.4 is 5.32 Å². The van der Waals surface area contributed by atoms with Gasteiger partial charge in [-0.1, -0.05) is 99.1 Å². The average molecular weight is 681 g/mol. The van der Waals surface area contributed by atoms with Crippen LogP contribution in [0.4, 0.5) is 0 Å². The Labute approximate surface area is 297 Å². The van der Waals surface area contributed by atoms with Crippen LogP contribution in [-0.4, -0.2) is 60.0 Å². The Bertz CT molecular complexity index is 1520. The van der Waals surface area contributed by atoms with Gasteiger partial charge in [-0.05, 0) is 80.8 Å². The van der Waals surface area contributed by atoms with Crippen LogP contribution in [0.2, 0.25) is 0 Å². The summed E-state index contributed by atoms with van der Waals surface area (Å²) in [4.78, 5) is 69.7. The number of Topliss-reactive ketones (excluding diaryl/α,β-unsaturated/α-hetero) is 2. The highest BCUT2D eigenvalue weighted by molar-refractivity contribution is 5.99. The number of likely N-dealkylation sites (tertiary alicyclic amines) is 1. The Morgan fingerprint density at radius 1 is 0.740 bits per heavy atom. The first-order valence-corrected chi connectivity index (χ1v) is 18.1. The van der Waals surface area contributed by atoms with E-state index in [0.29, 0.717) is 32.2 Å². The molecule has 1 heterocycles. The summed E-state index contributed by atoms with van der Waals surface area (Å²) in [5.41, 5.74) is 2.14. The number of benzene rings is 3. The predicted molar refractivity (Wildman–Crippen MR) is 194 cm³/mol. The number of aryl methyl sites for hydroxylation is 1. The lowest BCUT2D eigenvalue weighted by atomic mass is 9.88. The van der Waals surface area contributed by atoms with Crippen LogP contribution in [-0.2, 0) is 36.8 Å². The van der Waals surface area contributed by atoms with Crippen molar-refractivity contribution < 1.29 is 28.7 Å². The van der Waals surface area contributed by atoms with E-state index in [1.807, 2.05) is 74.5 Å². The van der Waals surface area contributed by atoms with Gasteiger partial charge in [-0.25, -0.2) is 4.79 Å². The minimum atomic E-state index is -0.936. The molecule has 0 spiro atoms. The zero-order valence-corrected chi connectivity index (χ0v) is 29.6. The number of rotatable bonds is 19. The van der Waals surface area contributed by atoms with Crippen molar-refractivity contribution in [3.05, 3.63) is 108 Å². The van der Waals surface area contributed by atoms with Crippen LogP contribution in [0.1, 0.15) is 86.7 Å². The molecule has 1 aliphatic rings. The van der Waals surface area contributed by atoms with Crippen LogP contribution in [0.15, 0.2) is 91.0 Å². The Kier molecular flexibility index (Phi) is 15.6. The molecule has 1 fully saturated rings. The second kappa shape index (κ2) is 20.3. The molecule has 1 amide bonds. The van der Waals surface area contributed by atoms with Crippen molar-refractivity contribution in [1.82, 2.24) is 10.2 Å². The van der Waals surface area contributed by atoms with Gasteiger partial charge in [0.15, 0.2) is 5.78 Å². The average Bonchev–Trinajstić information content (AvgIpc) is 3.13. The van der Waals surface area contributed by atoms with Crippen molar-refractivity contribution in [2.45, 2.75) is 84.1 Å². The number of ketones is 2. The van der Waals surface area contributed by atoms with Gasteiger partial charge < -0.3 is 15.0 Å². The van der Waals surface area contributed by atoms with E-state index in [2.05, 4.69) is 10.2 Å². The summed E-state index contributed by atoms with van der Waals surface area (Å²) >= 11 is 0. The third-order valence-electron chi connectivity index (χ3n) is 9.35. The van der Waals surface area contributed by atoms with E-state index in [1.165, 1.54) is 6.42 Å². The summed E-state index contributed by atoms with van der Waals surface area (Å²) in [6.45, 7) is 6.65. The Hall–Kier alpha value is -4.43. The Balaban J connectivity index is 1.47. The molecule has 1 aliphatic heterocycles. The molecule has 8 heteroatoms. The quantitative estimate of drug-likeness (QED) is 0.110. The summed E-state index contributed by atoms with van der Waals surface area (Å²) < 4.78 is 5.28. The summed E-state index contributed by atoms with van der Waals surface area (Å²) in [7, 11) is 0. The van der Waals surface area contributed by atoms with Crippen molar-refractivity contribution >= 4 is 29.4 Å². The van der Waals surface area contributed by atoms with Crippen molar-refractivity contribution in [3.63, 3.8) is 0 Å². The summed E-state index contributed by atoms with van der Waals surface area (Å²) in [5, 5.41) is 3.00. The normalized spacial score (nSPS) is 15.1. The van der Waals surface area contributed by atoms with Gasteiger partial charge >= 0.3 is 11.9 Å². The molecule has 266 valence electrons. The standard InChI is InChI=1S/C42H52N2O6/c1-31(2)27-38(39(46)30-36(28-33-17-9-4-10-18-33)42(49)50-41(48)34-19-11-5-12-20-34)43-40(47)35(22-21-32-15-7-3-8-16-32)29-37(45)23-26-44-24-13-6-14-25-44/h3-5,7-12,15-20,31,35-36,38H,6,13-14,21-30H2,1-2H3,(H,43,47)/t35-,36-,38+/m1/s1. The molecule has 1 N–H and O–H groups in total. The number of hydrogen-bond donors (Lipinski definition) is 1. The number of nitrogens with zero attached hydrogens (tertiary/aromatic N) is 1. The third kappa shape index (κ3) is 13.1. The summed E-state index contributed by atoms with van der Waals surface area (Å²) in [5.74, 6) is -3.62. The van der Waals surface area contributed by atoms with Crippen LogP contribution in [0.3, 0.4) is 0 Å². The number of ether oxygens (including phenoxy) is 1. The number of carbonyl (C=O) groups is 5. The lowest BCUT2D eigenvalue weighted by Gasteiger charge is -2.26. The predicted octanol–water partition coefficient (Wildman–Crippen LogP) is 6.80. The highest BCUT2D eigenvalue weighted by Crippen LogP contribution is 2.21. The molecule has 1 saturated heterocycles. The van der Waals surface area contributed by atoms with Gasteiger partial charge in [0.2, 0.25) is 5.91 Å². The van der Waals surface area contributed by atoms with Crippen LogP contribution in [0, 0.1) is 17.8 Å². The number of nitrogens with one attached hydrogen (secondary N) is 1. The first-order valence-electron chi connectivity index (χ1n) is 18.1. The SMILES string of the molecule is CC(C)C[C@H](NC(=O)[C@H](CCc1ccccc1)CC(=O)CCN1CCCCC1)C(=O)C[C@@H](Cc1ccccc1)C(=O)OC(=O)c1ccccc1. The number of hydrogen-bond acceptors (Lipinski definition) is 7. The summed E-state index contributed by atoms with van der Waals surface area (Å²) in [6.07, 6.45) is 5.48. The molecule has 0 bridgehead atoms. The Morgan fingerprint density at radius 3 is 1.96 bits per heavy atom. The second-order valence-corrected chi connectivity index (χ2v) is 13.9. The van der Waals surface area contributed by atoms with E-state index < -0.39 is 29.8 Å². The lowest BCUT2D eigenvalue weighted by molar-refractivity contribution is -0.145. The first-order chi connectivity index (χ1) is 24.2. The second-order valence-electron chi connectivity index (χ2n) is 13.9. The fourth-order valence-corrected chi connectivity index (χ4v) is 6.52. The van der Waals surface area contributed by atoms with E-state index >= 15 is 0 Å². The monoisotopic (exact) mass is 680 g/mol. The molecule has 0 aliphatic carbocycles. The van der Waals surface area contributed by atoms with Gasteiger partial charge in [0.1, 0.15) is 5.78 Å². The molecule has 4 rings (SSSR count). The van der Waals surface area contributed by atoms with E-state index in [1.54, 1.807) is 30.3 Å². The number of amides is 1. The zero-order valence-electron chi connectivity index (χ0n) is 29.6. The number of piperidine rings is 1. The summed E-state index contributed by atoms with van der Waals surface area (Å²) in [6, 6.07) is 26.5. The molecule has 8 nitrogen and oxygen atoms in total. The molecule has 50 heavy (non-hydrogen) atoms. The third-order valence-corrected chi connectivity index (χ3v) is 9.35. The molecule has 3 atom stereocenters. The maximum atomic E-state index is 14.0. The zero-order chi connectivity index (χ0) is 35.7. The maximum absolute atomic E-state index is 14.0. The van der Waals surface area contributed by atoms with Crippen molar-refractivity contribution in [1.29, 1.82) is 0 Å². The van der Waals surface area contributed by atoms with Gasteiger partial charge in [0, 0.05) is 31.7 Å². The van der Waals surface area contributed by atoms with Crippen molar-refractivity contribution in [3.8, 4) is 0 Å². The molecule has 0 aromatic heterocycles. The minimum Gasteiger partial charge on any atom is -0.389 e.